The molecule has 0 aliphatic heterocycles. The molecule has 4 rings (SSSR count). The maximum Gasteiger partial charge on any atom is 0.141 e. The fourth-order valence-electron chi connectivity index (χ4n) is 3.27. The molecule has 0 saturated carbocycles. The minimum absolute atomic E-state index is 0.256. The van der Waals surface area contributed by atoms with E-state index in [4.69, 9.17) is 4.74 Å². The SMILES string of the molecule is CCc1cc(Nc2ncnc3ccc(C)cc23)ccc1OCc1cccc(F)c1. The van der Waals surface area contributed by atoms with Crippen LogP contribution < -0.4 is 10.1 Å². The molecular weight excluding hydrogens is 365 g/mol. The number of rotatable bonds is 6. The van der Waals surface area contributed by atoms with Gasteiger partial charge in [0.25, 0.3) is 0 Å². The van der Waals surface area contributed by atoms with Gasteiger partial charge >= 0.3 is 0 Å². The van der Waals surface area contributed by atoms with E-state index < -0.39 is 0 Å². The Labute approximate surface area is 169 Å². The summed E-state index contributed by atoms with van der Waals surface area (Å²) in [5.74, 6) is 1.31. The van der Waals surface area contributed by atoms with Crippen LogP contribution in [0.2, 0.25) is 0 Å². The minimum Gasteiger partial charge on any atom is -0.489 e. The first-order chi connectivity index (χ1) is 14.1. The van der Waals surface area contributed by atoms with Crippen LogP contribution in [-0.2, 0) is 13.0 Å². The Kier molecular flexibility index (Phi) is 5.38. The number of fused-ring (bicyclic) bond motifs is 1. The van der Waals surface area contributed by atoms with Gasteiger partial charge < -0.3 is 10.1 Å². The quantitative estimate of drug-likeness (QED) is 0.443. The number of anilines is 2. The molecule has 0 atom stereocenters. The monoisotopic (exact) mass is 387 g/mol. The van der Waals surface area contributed by atoms with Crippen LogP contribution in [0.15, 0.2) is 67.0 Å². The van der Waals surface area contributed by atoms with E-state index >= 15 is 0 Å². The normalized spacial score (nSPS) is 10.9. The number of nitrogens with one attached hydrogen (secondary N) is 1. The maximum absolute atomic E-state index is 13.4. The van der Waals surface area contributed by atoms with Crippen LogP contribution in [0, 0.1) is 12.7 Å². The Hall–Kier alpha value is -3.47. The first kappa shape index (κ1) is 18.9. The Morgan fingerprint density at radius 1 is 1.00 bits per heavy atom. The van der Waals surface area contributed by atoms with Crippen LogP contribution in [0.4, 0.5) is 15.9 Å². The van der Waals surface area contributed by atoms with Gasteiger partial charge in [0.05, 0.1) is 5.52 Å². The van der Waals surface area contributed by atoms with E-state index in [9.17, 15) is 4.39 Å². The highest BCUT2D eigenvalue weighted by atomic mass is 19.1. The van der Waals surface area contributed by atoms with Gasteiger partial charge in [0.2, 0.25) is 0 Å². The van der Waals surface area contributed by atoms with Crippen LogP contribution in [0.3, 0.4) is 0 Å². The molecule has 4 nitrogen and oxygen atoms in total. The van der Waals surface area contributed by atoms with E-state index in [1.54, 1.807) is 12.4 Å². The third kappa shape index (κ3) is 4.35. The molecule has 0 saturated heterocycles. The molecule has 3 aromatic carbocycles. The number of hydrogen-bond acceptors (Lipinski definition) is 4. The van der Waals surface area contributed by atoms with E-state index in [-0.39, 0.29) is 5.82 Å². The summed E-state index contributed by atoms with van der Waals surface area (Å²) in [7, 11) is 0. The number of aromatic nitrogens is 2. The summed E-state index contributed by atoms with van der Waals surface area (Å²) in [6.07, 6.45) is 2.38. The van der Waals surface area contributed by atoms with E-state index in [1.165, 1.54) is 12.1 Å². The third-order valence-corrected chi connectivity index (χ3v) is 4.78. The summed E-state index contributed by atoms with van der Waals surface area (Å²) in [6, 6.07) is 18.5. The lowest BCUT2D eigenvalue weighted by molar-refractivity contribution is 0.302. The number of benzene rings is 3. The minimum atomic E-state index is -0.256. The summed E-state index contributed by atoms with van der Waals surface area (Å²) >= 11 is 0. The molecule has 0 spiro atoms. The summed E-state index contributed by atoms with van der Waals surface area (Å²) in [6.45, 7) is 4.46. The van der Waals surface area contributed by atoms with E-state index in [2.05, 4.69) is 41.3 Å². The first-order valence-corrected chi connectivity index (χ1v) is 9.61. The summed E-state index contributed by atoms with van der Waals surface area (Å²) in [5.41, 5.74) is 4.86. The highest BCUT2D eigenvalue weighted by Crippen LogP contribution is 2.28. The van der Waals surface area contributed by atoms with E-state index in [1.807, 2.05) is 30.3 Å². The van der Waals surface area contributed by atoms with Crippen LogP contribution in [-0.4, -0.2) is 9.97 Å². The van der Waals surface area contributed by atoms with Gasteiger partial charge in [0.15, 0.2) is 0 Å². The lowest BCUT2D eigenvalue weighted by Gasteiger charge is -2.14. The summed E-state index contributed by atoms with van der Waals surface area (Å²) in [4.78, 5) is 8.75. The predicted molar refractivity (Wildman–Crippen MR) is 114 cm³/mol. The zero-order valence-electron chi connectivity index (χ0n) is 16.4. The van der Waals surface area contributed by atoms with Crippen molar-refractivity contribution in [2.75, 3.05) is 5.32 Å². The highest BCUT2D eigenvalue weighted by Gasteiger charge is 2.08. The van der Waals surface area contributed by atoms with Crippen LogP contribution in [0.5, 0.6) is 5.75 Å². The molecule has 4 aromatic rings. The number of ether oxygens (including phenoxy) is 1. The molecule has 0 bridgehead atoms. The molecule has 1 heterocycles. The number of halogens is 1. The molecule has 29 heavy (non-hydrogen) atoms. The summed E-state index contributed by atoms with van der Waals surface area (Å²) in [5, 5.41) is 4.38. The van der Waals surface area contributed by atoms with Gasteiger partial charge in [-0.05, 0) is 66.9 Å². The average Bonchev–Trinajstić information content (AvgIpc) is 2.73. The molecule has 1 N–H and O–H groups in total. The van der Waals surface area contributed by atoms with Gasteiger partial charge in [-0.25, -0.2) is 14.4 Å². The van der Waals surface area contributed by atoms with Gasteiger partial charge in [-0.2, -0.15) is 0 Å². The molecule has 0 amide bonds. The van der Waals surface area contributed by atoms with Crippen molar-refractivity contribution in [3.63, 3.8) is 0 Å². The Balaban J connectivity index is 1.56. The fourth-order valence-corrected chi connectivity index (χ4v) is 3.27. The predicted octanol–water partition coefficient (Wildman–Crippen LogP) is 5.96. The smallest absolute Gasteiger partial charge is 0.141 e. The lowest BCUT2D eigenvalue weighted by Crippen LogP contribution is -2.01. The third-order valence-electron chi connectivity index (χ3n) is 4.78. The summed E-state index contributed by atoms with van der Waals surface area (Å²) < 4.78 is 19.3. The van der Waals surface area contributed by atoms with Gasteiger partial charge in [-0.15, -0.1) is 0 Å². The van der Waals surface area contributed by atoms with E-state index in [0.29, 0.717) is 6.61 Å². The van der Waals surface area contributed by atoms with Gasteiger partial charge in [-0.3, -0.25) is 0 Å². The molecule has 146 valence electrons. The zero-order valence-corrected chi connectivity index (χ0v) is 16.4. The number of nitrogens with zero attached hydrogens (tertiary/aromatic N) is 2. The van der Waals surface area contributed by atoms with E-state index in [0.717, 1.165) is 51.3 Å². The lowest BCUT2D eigenvalue weighted by atomic mass is 10.1. The molecule has 0 unspecified atom stereocenters. The largest absolute Gasteiger partial charge is 0.489 e. The zero-order chi connectivity index (χ0) is 20.2. The standard InChI is InChI=1S/C24H22FN3O/c1-3-18-13-20(8-10-23(18)29-14-17-5-4-6-19(25)12-17)28-24-21-11-16(2)7-9-22(21)26-15-27-24/h4-13,15H,3,14H2,1-2H3,(H,26,27,28). The topological polar surface area (TPSA) is 47.0 Å². The average molecular weight is 387 g/mol. The van der Waals surface area contributed by atoms with Crippen LogP contribution in [0.25, 0.3) is 10.9 Å². The molecule has 5 heteroatoms. The van der Waals surface area contributed by atoms with Crippen LogP contribution >= 0.6 is 0 Å². The van der Waals surface area contributed by atoms with Crippen molar-refractivity contribution < 1.29 is 9.13 Å². The van der Waals surface area contributed by atoms with Crippen molar-refractivity contribution in [3.8, 4) is 5.75 Å². The second-order valence-corrected chi connectivity index (χ2v) is 6.96. The van der Waals surface area contributed by atoms with Crippen molar-refractivity contribution in [2.45, 2.75) is 26.9 Å². The van der Waals surface area contributed by atoms with Crippen LogP contribution in [0.1, 0.15) is 23.6 Å². The molecule has 1 aromatic heterocycles. The molecule has 0 fully saturated rings. The van der Waals surface area contributed by atoms with Crippen molar-refractivity contribution in [3.05, 3.63) is 89.5 Å². The van der Waals surface area contributed by atoms with Crippen molar-refractivity contribution in [1.82, 2.24) is 9.97 Å². The maximum atomic E-state index is 13.4. The van der Waals surface area contributed by atoms with Crippen molar-refractivity contribution in [2.24, 2.45) is 0 Å². The Morgan fingerprint density at radius 2 is 1.90 bits per heavy atom. The molecule has 0 aliphatic rings. The second kappa shape index (κ2) is 8.27. The Bertz CT molecular complexity index is 1160. The Morgan fingerprint density at radius 3 is 2.72 bits per heavy atom. The van der Waals surface area contributed by atoms with Gasteiger partial charge in [-0.1, -0.05) is 30.7 Å². The molecule has 0 aliphatic carbocycles. The van der Waals surface area contributed by atoms with Gasteiger partial charge in [0, 0.05) is 11.1 Å². The van der Waals surface area contributed by atoms with Crippen molar-refractivity contribution >= 4 is 22.4 Å². The number of hydrogen-bond donors (Lipinski definition) is 1. The van der Waals surface area contributed by atoms with Crippen molar-refractivity contribution in [1.29, 1.82) is 0 Å². The molecule has 0 radical (unpaired) electrons. The second-order valence-electron chi connectivity index (χ2n) is 6.96. The first-order valence-electron chi connectivity index (χ1n) is 9.61. The number of aryl methyl sites for hydroxylation is 2. The highest BCUT2D eigenvalue weighted by molar-refractivity contribution is 5.91. The molecular formula is C24H22FN3O. The van der Waals surface area contributed by atoms with Gasteiger partial charge in [0.1, 0.15) is 30.3 Å². The fraction of sp³-hybridized carbons (Fsp3) is 0.167.